The Balaban J connectivity index is 0.000000355. The first-order valence-corrected chi connectivity index (χ1v) is 17.2. The molecule has 3 fully saturated rings. The van der Waals surface area contributed by atoms with Gasteiger partial charge >= 0.3 is 30.3 Å². The van der Waals surface area contributed by atoms with E-state index >= 15 is 4.39 Å². The number of rotatable bonds is 7. The van der Waals surface area contributed by atoms with E-state index in [-0.39, 0.29) is 17.2 Å². The third kappa shape index (κ3) is 9.85. The molecule has 0 radical (unpaired) electrons. The summed E-state index contributed by atoms with van der Waals surface area (Å²) in [6.07, 6.45) is -3.00. The number of hydrogen-bond acceptors (Lipinski definition) is 10. The van der Waals surface area contributed by atoms with Crippen LogP contribution in [0.5, 0.6) is 6.01 Å². The Morgan fingerprint density at radius 2 is 1.60 bits per heavy atom. The van der Waals surface area contributed by atoms with Crippen LogP contribution >= 0.6 is 0 Å². The van der Waals surface area contributed by atoms with Gasteiger partial charge in [-0.3, -0.25) is 4.98 Å². The number of ether oxygens (including phenoxy) is 1. The van der Waals surface area contributed by atoms with Crippen LogP contribution in [-0.2, 0) is 16.0 Å². The van der Waals surface area contributed by atoms with Gasteiger partial charge in [-0.05, 0) is 62.0 Å². The first-order chi connectivity index (χ1) is 26.0. The molecule has 7 rings (SSSR count). The van der Waals surface area contributed by atoms with E-state index < -0.39 is 30.1 Å². The predicted molar refractivity (Wildman–Crippen MR) is 185 cm³/mol. The summed E-state index contributed by atoms with van der Waals surface area (Å²) in [7, 11) is 2.11. The Kier molecular flexibility index (Phi) is 12.6. The van der Waals surface area contributed by atoms with Crippen molar-refractivity contribution < 1.29 is 55.3 Å². The predicted octanol–water partition coefficient (Wildman–Crippen LogP) is 6.12. The van der Waals surface area contributed by atoms with Crippen molar-refractivity contribution in [3.63, 3.8) is 0 Å². The minimum Gasteiger partial charge on any atom is -0.475 e. The topological polar surface area (TPSA) is 165 Å². The second-order valence-corrected chi connectivity index (χ2v) is 13.2. The van der Waals surface area contributed by atoms with E-state index in [0.29, 0.717) is 54.3 Å². The summed E-state index contributed by atoms with van der Waals surface area (Å²) in [6.45, 7) is 3.14. The van der Waals surface area contributed by atoms with Gasteiger partial charge in [-0.15, -0.1) is 0 Å². The molecule has 4 aromatic rings. The number of aryl methyl sites for hydroxylation is 1. The highest BCUT2D eigenvalue weighted by atomic mass is 19.4. The highest BCUT2D eigenvalue weighted by molar-refractivity contribution is 6.00. The summed E-state index contributed by atoms with van der Waals surface area (Å²) in [5.41, 5.74) is 2.18. The number of nitrogens with zero attached hydrogens (tertiary/aromatic N) is 6. The number of carbonyl (C=O) groups is 2. The molecule has 3 N–H and O–H groups in total. The molecule has 5 heterocycles. The molecule has 3 aliphatic heterocycles. The fraction of sp³-hybridized carbons (Fsp3) is 0.444. The molecule has 294 valence electrons. The van der Waals surface area contributed by atoms with E-state index in [1.807, 2.05) is 36.4 Å². The number of piperazine rings is 1. The lowest BCUT2D eigenvalue weighted by atomic mass is 9.94. The van der Waals surface area contributed by atoms with Gasteiger partial charge in [0.15, 0.2) is 5.82 Å². The number of likely N-dealkylation sites (tertiary alicyclic amines) is 1. The summed E-state index contributed by atoms with van der Waals surface area (Å²) < 4.78 is 86.3. The molecular weight excluding hydrogens is 743 g/mol. The number of fused-ring (bicyclic) bond motifs is 4. The van der Waals surface area contributed by atoms with Crippen LogP contribution in [0.1, 0.15) is 37.7 Å². The van der Waals surface area contributed by atoms with Crippen molar-refractivity contribution in [3.8, 4) is 23.3 Å². The first-order valence-electron chi connectivity index (χ1n) is 17.2. The quantitative estimate of drug-likeness (QED) is 0.185. The van der Waals surface area contributed by atoms with E-state index in [1.54, 1.807) is 6.20 Å². The third-order valence-electron chi connectivity index (χ3n) is 9.47. The molecule has 3 saturated heterocycles. The molecule has 0 spiro atoms. The number of benzene rings is 2. The minimum absolute atomic E-state index is 0.211. The molecule has 3 aliphatic rings. The number of carboxylic acids is 2. The van der Waals surface area contributed by atoms with Crippen LogP contribution in [-0.4, -0.2) is 106 Å². The van der Waals surface area contributed by atoms with Gasteiger partial charge in [0.2, 0.25) is 0 Å². The molecular formula is C36H36F7N7O5. The van der Waals surface area contributed by atoms with Gasteiger partial charge < -0.3 is 30.1 Å². The molecule has 2 aromatic heterocycles. The van der Waals surface area contributed by atoms with Gasteiger partial charge in [0.1, 0.15) is 23.6 Å². The summed E-state index contributed by atoms with van der Waals surface area (Å²) in [5.74, 6) is -5.30. The summed E-state index contributed by atoms with van der Waals surface area (Å²) in [4.78, 5) is 36.5. The molecule has 0 unspecified atom stereocenters. The highest BCUT2D eigenvalue weighted by Gasteiger charge is 2.39. The number of hydrogen-bond donors (Lipinski definition) is 3. The van der Waals surface area contributed by atoms with Gasteiger partial charge in [-0.1, -0.05) is 36.4 Å². The number of nitrogens with one attached hydrogen (secondary N) is 1. The van der Waals surface area contributed by atoms with Crippen molar-refractivity contribution in [1.82, 2.24) is 25.2 Å². The van der Waals surface area contributed by atoms with E-state index in [1.165, 1.54) is 0 Å². The smallest absolute Gasteiger partial charge is 0.475 e. The third-order valence-corrected chi connectivity index (χ3v) is 9.47. The molecule has 2 aromatic carbocycles. The monoisotopic (exact) mass is 779 g/mol. The van der Waals surface area contributed by atoms with E-state index in [9.17, 15) is 31.6 Å². The van der Waals surface area contributed by atoms with Crippen LogP contribution < -0.4 is 15.0 Å². The highest BCUT2D eigenvalue weighted by Crippen LogP contribution is 2.37. The van der Waals surface area contributed by atoms with Gasteiger partial charge in [-0.25, -0.2) is 14.0 Å². The lowest BCUT2D eigenvalue weighted by Crippen LogP contribution is -2.51. The maximum absolute atomic E-state index is 16.7. The van der Waals surface area contributed by atoms with Crippen molar-refractivity contribution in [2.24, 2.45) is 0 Å². The molecule has 0 saturated carbocycles. The lowest BCUT2D eigenvalue weighted by Gasteiger charge is -2.34. The number of nitriles is 1. The van der Waals surface area contributed by atoms with Crippen LogP contribution in [0.3, 0.4) is 0 Å². The van der Waals surface area contributed by atoms with Crippen molar-refractivity contribution in [1.29, 1.82) is 5.26 Å². The number of aromatic nitrogens is 3. The maximum Gasteiger partial charge on any atom is 0.490 e. The largest absolute Gasteiger partial charge is 0.490 e. The van der Waals surface area contributed by atoms with Gasteiger partial charge in [0.05, 0.1) is 11.5 Å². The van der Waals surface area contributed by atoms with E-state index in [4.69, 9.17) is 34.5 Å². The number of pyridine rings is 1. The number of aliphatic carboxylic acids is 2. The van der Waals surface area contributed by atoms with Crippen molar-refractivity contribution in [2.45, 2.75) is 69.0 Å². The van der Waals surface area contributed by atoms with Gasteiger partial charge in [-0.2, -0.15) is 41.6 Å². The van der Waals surface area contributed by atoms with Crippen molar-refractivity contribution >= 4 is 39.4 Å². The van der Waals surface area contributed by atoms with Gasteiger partial charge in [0, 0.05) is 49.4 Å². The zero-order chi connectivity index (χ0) is 40.1. The fourth-order valence-electron chi connectivity index (χ4n) is 6.86. The Bertz CT molecular complexity index is 2030. The van der Waals surface area contributed by atoms with Crippen LogP contribution in [0.15, 0.2) is 42.6 Å². The van der Waals surface area contributed by atoms with E-state index in [0.717, 1.165) is 61.7 Å². The Morgan fingerprint density at radius 3 is 2.16 bits per heavy atom. The number of carboxylic acid groups (broad SMARTS) is 2. The minimum atomic E-state index is -5.08. The molecule has 0 aliphatic carbocycles. The number of anilines is 1. The van der Waals surface area contributed by atoms with Crippen LogP contribution in [0.4, 0.5) is 36.6 Å². The Labute approximate surface area is 309 Å². The summed E-state index contributed by atoms with van der Waals surface area (Å²) in [5, 5.41) is 29.6. The van der Waals surface area contributed by atoms with Crippen LogP contribution in [0.25, 0.3) is 32.9 Å². The normalized spacial score (nSPS) is 19.6. The van der Waals surface area contributed by atoms with Crippen molar-refractivity contribution in [2.75, 3.05) is 38.2 Å². The van der Waals surface area contributed by atoms with Crippen LogP contribution in [0, 0.1) is 17.1 Å². The molecule has 19 heteroatoms. The maximum atomic E-state index is 16.7. The average Bonchev–Trinajstić information content (AvgIpc) is 3.71. The molecule has 2 bridgehead atoms. The van der Waals surface area contributed by atoms with Gasteiger partial charge in [0.25, 0.3) is 0 Å². The number of alkyl halides is 6. The average molecular weight is 780 g/mol. The summed E-state index contributed by atoms with van der Waals surface area (Å²) in [6, 6.07) is 15.4. The number of halogens is 7. The van der Waals surface area contributed by atoms with Crippen LogP contribution in [0.2, 0.25) is 0 Å². The van der Waals surface area contributed by atoms with Crippen molar-refractivity contribution in [3.05, 3.63) is 54.0 Å². The summed E-state index contributed by atoms with van der Waals surface area (Å²) >= 11 is 0. The lowest BCUT2D eigenvalue weighted by molar-refractivity contribution is -0.193. The SMILES string of the molecule is CN1CCC[C@H]1COc1nc(N2C[C@H]3CC[C@@H](C2)N3)c2cnc(-c3cccc4cccc(CCC#N)c34)c(F)c2n1.O=C(O)C(F)(F)F.O=C(O)C(F)(F)F. The fourth-order valence-corrected chi connectivity index (χ4v) is 6.86. The molecule has 55 heavy (non-hydrogen) atoms. The second kappa shape index (κ2) is 17.0. The first kappa shape index (κ1) is 40.8. The van der Waals surface area contributed by atoms with E-state index in [2.05, 4.69) is 33.2 Å². The molecule has 12 nitrogen and oxygen atoms in total. The molecule has 0 amide bonds. The Hall–Kier alpha value is -5.35. The zero-order valence-electron chi connectivity index (χ0n) is 29.3. The zero-order valence-corrected chi connectivity index (χ0v) is 29.3. The Morgan fingerprint density at radius 1 is 0.982 bits per heavy atom. The second-order valence-electron chi connectivity index (χ2n) is 13.2. The standard InChI is InChI=1S/C32H34FN7O.2C2HF3O2/c1-39-15-5-10-24(39)19-41-32-37-30-26(31(38-32)40-17-22-12-13-23(18-40)36-22)16-35-29(28(30)33)25-11-3-8-20-6-2-7-21(27(20)25)9-4-14-34;2*3-2(4,5)1(6)7/h2-3,6-8,11,16,22-24,36H,4-5,9-10,12-13,15,17-19H2,1H3;2*(H,6,7)/t22-,23+,24-;;/m0../s1. The molecule has 3 atom stereocenters. The number of likely N-dealkylation sites (N-methyl/N-ethyl adjacent to an activating group) is 1.